The first-order valence-electron chi connectivity index (χ1n) is 6.37. The predicted octanol–water partition coefficient (Wildman–Crippen LogP) is 2.16. The molecule has 0 aliphatic heterocycles. The fraction of sp³-hybridized carbons (Fsp3) is 0.286. The van der Waals surface area contributed by atoms with Crippen molar-refractivity contribution in [3.05, 3.63) is 47.7 Å². The summed E-state index contributed by atoms with van der Waals surface area (Å²) < 4.78 is 4.03. The molecule has 0 fully saturated rings. The fourth-order valence-corrected chi connectivity index (χ4v) is 3.23. The molecule has 0 amide bonds. The third-order valence-corrected chi connectivity index (χ3v) is 4.43. The lowest BCUT2D eigenvalue weighted by Gasteiger charge is -2.05. The van der Waals surface area contributed by atoms with E-state index in [1.165, 1.54) is 5.69 Å². The first kappa shape index (κ1) is 13.2. The van der Waals surface area contributed by atoms with E-state index in [0.717, 1.165) is 27.9 Å². The van der Waals surface area contributed by atoms with Crippen molar-refractivity contribution < 1.29 is 5.11 Å². The quantitative estimate of drug-likeness (QED) is 0.748. The summed E-state index contributed by atoms with van der Waals surface area (Å²) in [6, 6.07) is 6.00. The Bertz CT molecular complexity index is 747. The molecule has 0 bridgehead atoms. The number of nitrogens with zero attached hydrogens (tertiary/aromatic N) is 4. The van der Waals surface area contributed by atoms with Crippen LogP contribution >= 0.6 is 11.8 Å². The van der Waals surface area contributed by atoms with Crippen molar-refractivity contribution in [2.75, 3.05) is 0 Å². The van der Waals surface area contributed by atoms with Gasteiger partial charge in [0.05, 0.1) is 29.9 Å². The summed E-state index contributed by atoms with van der Waals surface area (Å²) in [5, 5.41) is 10.1. The van der Waals surface area contributed by atoms with E-state index in [1.807, 2.05) is 42.9 Å². The Balaban J connectivity index is 1.86. The summed E-state index contributed by atoms with van der Waals surface area (Å²) in [5.74, 6) is 0.798. The molecule has 0 unspecified atom stereocenters. The second kappa shape index (κ2) is 5.30. The smallest absolute Gasteiger partial charge is 0.168 e. The number of hydrogen-bond donors (Lipinski definition) is 1. The van der Waals surface area contributed by atoms with Crippen molar-refractivity contribution in [1.82, 2.24) is 18.9 Å². The normalized spacial score (nSPS) is 11.3. The van der Waals surface area contributed by atoms with Gasteiger partial charge in [-0.2, -0.15) is 0 Å². The van der Waals surface area contributed by atoms with Crippen LogP contribution in [0.15, 0.2) is 35.7 Å². The number of aliphatic hydroxyl groups excluding tert-OH is 1. The number of thioether (sulfide) groups is 1. The van der Waals surface area contributed by atoms with Crippen LogP contribution in [-0.2, 0) is 19.4 Å². The second-order valence-corrected chi connectivity index (χ2v) is 5.55. The molecule has 0 atom stereocenters. The van der Waals surface area contributed by atoms with Crippen molar-refractivity contribution in [3.8, 4) is 0 Å². The van der Waals surface area contributed by atoms with Gasteiger partial charge in [0.2, 0.25) is 0 Å². The van der Waals surface area contributed by atoms with Crippen LogP contribution < -0.4 is 0 Å². The van der Waals surface area contributed by atoms with Crippen molar-refractivity contribution in [3.63, 3.8) is 0 Å². The number of pyridine rings is 1. The predicted molar refractivity (Wildman–Crippen MR) is 78.6 cm³/mol. The molecular formula is C14H16N4OS. The molecule has 104 valence electrons. The van der Waals surface area contributed by atoms with Gasteiger partial charge in [-0.25, -0.2) is 9.97 Å². The highest BCUT2D eigenvalue weighted by molar-refractivity contribution is 7.98. The average molecular weight is 288 g/mol. The topological polar surface area (TPSA) is 55.4 Å². The van der Waals surface area contributed by atoms with E-state index >= 15 is 0 Å². The van der Waals surface area contributed by atoms with Crippen LogP contribution in [0.5, 0.6) is 0 Å². The van der Waals surface area contributed by atoms with Gasteiger partial charge in [0, 0.05) is 19.0 Å². The monoisotopic (exact) mass is 288 g/mol. The summed E-state index contributed by atoms with van der Waals surface area (Å²) in [6.07, 6.45) is 3.74. The van der Waals surface area contributed by atoms with Gasteiger partial charge < -0.3 is 14.1 Å². The average Bonchev–Trinajstić information content (AvgIpc) is 2.96. The summed E-state index contributed by atoms with van der Waals surface area (Å²) in [7, 11) is 1.92. The van der Waals surface area contributed by atoms with Gasteiger partial charge in [0.25, 0.3) is 0 Å². The van der Waals surface area contributed by atoms with Crippen molar-refractivity contribution in [2.24, 2.45) is 7.05 Å². The number of aromatic nitrogens is 4. The van der Waals surface area contributed by atoms with Gasteiger partial charge in [-0.05, 0) is 19.1 Å². The van der Waals surface area contributed by atoms with Gasteiger partial charge in [0.1, 0.15) is 5.65 Å². The molecule has 0 aliphatic carbocycles. The first-order chi connectivity index (χ1) is 9.70. The van der Waals surface area contributed by atoms with E-state index in [0.29, 0.717) is 0 Å². The molecule has 3 heterocycles. The largest absolute Gasteiger partial charge is 0.390 e. The third kappa shape index (κ3) is 2.21. The Hall–Kier alpha value is -1.79. The Kier molecular flexibility index (Phi) is 3.50. The highest BCUT2D eigenvalue weighted by Crippen LogP contribution is 2.24. The highest BCUT2D eigenvalue weighted by Gasteiger charge is 2.11. The number of fused-ring (bicyclic) bond motifs is 1. The fourth-order valence-electron chi connectivity index (χ4n) is 2.18. The Morgan fingerprint density at radius 1 is 1.35 bits per heavy atom. The second-order valence-electron chi connectivity index (χ2n) is 4.61. The van der Waals surface area contributed by atoms with E-state index in [9.17, 15) is 5.11 Å². The summed E-state index contributed by atoms with van der Waals surface area (Å²) in [5.41, 5.74) is 4.01. The molecule has 3 rings (SSSR count). The van der Waals surface area contributed by atoms with E-state index in [2.05, 4.69) is 14.4 Å². The molecule has 0 aliphatic rings. The summed E-state index contributed by atoms with van der Waals surface area (Å²) in [6.45, 7) is 2.04. The molecule has 5 nitrogen and oxygen atoms in total. The number of imidazole rings is 2. The maximum atomic E-state index is 9.19. The Morgan fingerprint density at radius 2 is 2.20 bits per heavy atom. The molecule has 0 saturated carbocycles. The maximum Gasteiger partial charge on any atom is 0.168 e. The number of rotatable bonds is 4. The molecule has 0 radical (unpaired) electrons. The molecule has 0 saturated heterocycles. The van der Waals surface area contributed by atoms with Gasteiger partial charge in [-0.15, -0.1) is 0 Å². The zero-order chi connectivity index (χ0) is 14.1. The van der Waals surface area contributed by atoms with Crippen molar-refractivity contribution >= 4 is 17.4 Å². The minimum absolute atomic E-state index is 0.0126. The minimum atomic E-state index is 0.0126. The van der Waals surface area contributed by atoms with Gasteiger partial charge in [-0.1, -0.05) is 17.8 Å². The van der Waals surface area contributed by atoms with Crippen LogP contribution in [-0.4, -0.2) is 24.0 Å². The van der Waals surface area contributed by atoms with E-state index in [-0.39, 0.29) is 6.61 Å². The standard InChI is InChI=1S/C14H16N4OS/c1-10-12(18-6-4-3-5-13(18)16-10)9-20-14-15-7-11(8-19)17(14)2/h3-7,19H,8-9H2,1-2H3. The Labute approximate surface area is 121 Å². The SMILES string of the molecule is Cc1nc2ccccn2c1CSc1ncc(CO)n1C. The summed E-state index contributed by atoms with van der Waals surface area (Å²) >= 11 is 1.65. The molecule has 3 aromatic rings. The molecule has 6 heteroatoms. The number of aryl methyl sites for hydroxylation is 1. The van der Waals surface area contributed by atoms with Crippen LogP contribution in [0.4, 0.5) is 0 Å². The molecule has 20 heavy (non-hydrogen) atoms. The minimum Gasteiger partial charge on any atom is -0.390 e. The van der Waals surface area contributed by atoms with Gasteiger partial charge in [0.15, 0.2) is 5.16 Å². The third-order valence-electron chi connectivity index (χ3n) is 3.37. The molecular weight excluding hydrogens is 272 g/mol. The zero-order valence-corrected chi connectivity index (χ0v) is 12.3. The van der Waals surface area contributed by atoms with E-state index in [4.69, 9.17) is 0 Å². The molecule has 0 aromatic carbocycles. The van der Waals surface area contributed by atoms with Crippen LogP contribution in [0.25, 0.3) is 5.65 Å². The zero-order valence-electron chi connectivity index (χ0n) is 11.4. The van der Waals surface area contributed by atoms with Crippen LogP contribution in [0, 0.1) is 6.92 Å². The lowest BCUT2D eigenvalue weighted by molar-refractivity contribution is 0.271. The van der Waals surface area contributed by atoms with Gasteiger partial charge >= 0.3 is 0 Å². The van der Waals surface area contributed by atoms with Gasteiger partial charge in [-0.3, -0.25) is 0 Å². The molecule has 0 spiro atoms. The van der Waals surface area contributed by atoms with Crippen LogP contribution in [0.1, 0.15) is 17.1 Å². The maximum absolute atomic E-state index is 9.19. The van der Waals surface area contributed by atoms with Crippen molar-refractivity contribution in [1.29, 1.82) is 0 Å². The first-order valence-corrected chi connectivity index (χ1v) is 7.36. The Morgan fingerprint density at radius 3 is 2.95 bits per heavy atom. The lowest BCUT2D eigenvalue weighted by Crippen LogP contribution is -1.98. The van der Waals surface area contributed by atoms with E-state index < -0.39 is 0 Å². The summed E-state index contributed by atoms with van der Waals surface area (Å²) in [4.78, 5) is 8.88. The van der Waals surface area contributed by atoms with Crippen molar-refractivity contribution in [2.45, 2.75) is 24.4 Å². The van der Waals surface area contributed by atoms with E-state index in [1.54, 1.807) is 18.0 Å². The number of hydrogen-bond acceptors (Lipinski definition) is 4. The molecule has 1 N–H and O–H groups in total. The molecule has 3 aromatic heterocycles. The number of aliphatic hydroxyl groups is 1. The van der Waals surface area contributed by atoms with Crippen LogP contribution in [0.3, 0.4) is 0 Å². The highest BCUT2D eigenvalue weighted by atomic mass is 32.2. The lowest BCUT2D eigenvalue weighted by atomic mass is 10.4. The van der Waals surface area contributed by atoms with Crippen LogP contribution in [0.2, 0.25) is 0 Å².